The van der Waals surface area contributed by atoms with Gasteiger partial charge in [-0.25, -0.2) is 18.6 Å². The van der Waals surface area contributed by atoms with Crippen LogP contribution < -0.4 is 5.32 Å². The normalized spacial score (nSPS) is 22.3. The van der Waals surface area contributed by atoms with Crippen molar-refractivity contribution in [3.05, 3.63) is 61.9 Å². The van der Waals surface area contributed by atoms with E-state index in [9.17, 15) is 18.4 Å². The Morgan fingerprint density at radius 3 is 2.83 bits per heavy atom. The molecule has 12 heteroatoms. The molecule has 186 valence electrons. The molecule has 2 aliphatic rings. The molecule has 1 aromatic carbocycles. The number of carboxylic acid groups (broad SMARTS) is 1. The van der Waals surface area contributed by atoms with Crippen molar-refractivity contribution in [2.24, 2.45) is 4.99 Å². The van der Waals surface area contributed by atoms with E-state index in [2.05, 4.69) is 26.2 Å². The highest BCUT2D eigenvalue weighted by atomic mass is 79.9. The number of carboxylic acids is 1. The standard InChI is InChI=1S/C23H23BrF2N4O4S/c1-2-34-23(33)19-16(11-30-10-15(26)17(30)5-6-18(31)32)28-21(22-27-7-8-35-22)29-20(19)13-4-3-12(25)9-14(13)24/h3-4,7-9,15,17,20H,2,5-6,10-11H2,1H3,(H,28,29)(H,31,32)/t15?,17?,20-/m0/s1. The van der Waals surface area contributed by atoms with Gasteiger partial charge in [0.05, 0.1) is 12.2 Å². The molecule has 0 spiro atoms. The van der Waals surface area contributed by atoms with Gasteiger partial charge in [0.2, 0.25) is 0 Å². The number of carbonyl (C=O) groups excluding carboxylic acids is 1. The van der Waals surface area contributed by atoms with Crippen LogP contribution in [0.15, 0.2) is 50.5 Å². The number of aliphatic carboxylic acids is 1. The molecule has 2 unspecified atom stereocenters. The van der Waals surface area contributed by atoms with Crippen LogP contribution in [-0.2, 0) is 14.3 Å². The van der Waals surface area contributed by atoms with Crippen molar-refractivity contribution in [2.45, 2.75) is 38.0 Å². The average Bonchev–Trinajstić information content (AvgIpc) is 3.33. The lowest BCUT2D eigenvalue weighted by molar-refractivity contribution is -0.139. The summed E-state index contributed by atoms with van der Waals surface area (Å²) in [6.07, 6.45) is 0.468. The van der Waals surface area contributed by atoms with Gasteiger partial charge in [0.15, 0.2) is 10.8 Å². The quantitative estimate of drug-likeness (QED) is 0.443. The zero-order valence-corrected chi connectivity index (χ0v) is 21.1. The minimum Gasteiger partial charge on any atom is -0.481 e. The van der Waals surface area contributed by atoms with E-state index < -0.39 is 36.0 Å². The van der Waals surface area contributed by atoms with Gasteiger partial charge in [0, 0.05) is 47.3 Å². The number of likely N-dealkylation sites (tertiary alicyclic amines) is 1. The van der Waals surface area contributed by atoms with Crippen LogP contribution in [0.2, 0.25) is 0 Å². The molecule has 8 nitrogen and oxygen atoms in total. The zero-order chi connectivity index (χ0) is 25.1. The lowest BCUT2D eigenvalue weighted by atomic mass is 9.92. The van der Waals surface area contributed by atoms with E-state index in [0.29, 0.717) is 26.6 Å². The van der Waals surface area contributed by atoms with Crippen molar-refractivity contribution in [3.8, 4) is 0 Å². The maximum absolute atomic E-state index is 14.3. The maximum Gasteiger partial charge on any atom is 0.338 e. The summed E-state index contributed by atoms with van der Waals surface area (Å²) in [4.78, 5) is 35.0. The first-order valence-corrected chi connectivity index (χ1v) is 12.7. The van der Waals surface area contributed by atoms with Crippen molar-refractivity contribution < 1.29 is 28.2 Å². The number of aromatic nitrogens is 1. The molecule has 1 saturated heterocycles. The number of hydrogen-bond donors (Lipinski definition) is 2. The minimum atomic E-state index is -1.15. The minimum absolute atomic E-state index is 0.111. The smallest absolute Gasteiger partial charge is 0.338 e. The fourth-order valence-corrected chi connectivity index (χ4v) is 5.31. The number of esters is 1. The third kappa shape index (κ3) is 5.60. The van der Waals surface area contributed by atoms with Gasteiger partial charge in [-0.15, -0.1) is 11.3 Å². The Hall–Kier alpha value is -2.70. The number of nitrogens with zero attached hydrogens (tertiary/aromatic N) is 3. The lowest BCUT2D eigenvalue weighted by Crippen LogP contribution is -2.59. The second-order valence-corrected chi connectivity index (χ2v) is 9.82. The van der Waals surface area contributed by atoms with E-state index in [4.69, 9.17) is 14.8 Å². The number of thiazole rings is 1. The van der Waals surface area contributed by atoms with Crippen molar-refractivity contribution in [1.82, 2.24) is 15.2 Å². The number of alkyl halides is 1. The van der Waals surface area contributed by atoms with Crippen LogP contribution >= 0.6 is 27.3 Å². The molecular weight excluding hydrogens is 546 g/mol. The Kier molecular flexibility index (Phi) is 7.92. The monoisotopic (exact) mass is 568 g/mol. The van der Waals surface area contributed by atoms with Gasteiger partial charge in [-0.2, -0.15) is 0 Å². The first-order valence-electron chi connectivity index (χ1n) is 11.0. The summed E-state index contributed by atoms with van der Waals surface area (Å²) in [7, 11) is 0. The summed E-state index contributed by atoms with van der Waals surface area (Å²) in [6, 6.07) is 2.71. The molecule has 0 aliphatic carbocycles. The topological polar surface area (TPSA) is 104 Å². The molecule has 2 aromatic rings. The number of hydrogen-bond acceptors (Lipinski definition) is 8. The summed E-state index contributed by atoms with van der Waals surface area (Å²) in [5.41, 5.74) is 1.23. The highest BCUT2D eigenvalue weighted by Gasteiger charge is 2.42. The van der Waals surface area contributed by atoms with Crippen LogP contribution in [-0.4, -0.2) is 64.7 Å². The molecule has 1 fully saturated rings. The Morgan fingerprint density at radius 1 is 1.40 bits per heavy atom. The highest BCUT2D eigenvalue weighted by Crippen LogP contribution is 2.38. The summed E-state index contributed by atoms with van der Waals surface area (Å²) in [6.45, 7) is 2.08. The van der Waals surface area contributed by atoms with Gasteiger partial charge in [-0.3, -0.25) is 14.7 Å². The van der Waals surface area contributed by atoms with Crippen LogP contribution in [0, 0.1) is 5.82 Å². The number of ether oxygens (including phenoxy) is 1. The summed E-state index contributed by atoms with van der Waals surface area (Å²) in [5, 5.41) is 14.6. The number of benzene rings is 1. The van der Waals surface area contributed by atoms with Crippen molar-refractivity contribution in [3.63, 3.8) is 0 Å². The van der Waals surface area contributed by atoms with Crippen molar-refractivity contribution in [2.75, 3.05) is 19.7 Å². The average molecular weight is 569 g/mol. The third-order valence-electron chi connectivity index (χ3n) is 5.82. The number of carbonyl (C=O) groups is 2. The predicted octanol–water partition coefficient (Wildman–Crippen LogP) is 3.84. The maximum atomic E-state index is 14.3. The van der Waals surface area contributed by atoms with Crippen LogP contribution in [0.4, 0.5) is 8.78 Å². The molecule has 4 rings (SSSR count). The van der Waals surface area contributed by atoms with Gasteiger partial charge >= 0.3 is 11.9 Å². The van der Waals surface area contributed by atoms with Crippen LogP contribution in [0.3, 0.4) is 0 Å². The van der Waals surface area contributed by atoms with E-state index >= 15 is 0 Å². The molecule has 3 atom stereocenters. The van der Waals surface area contributed by atoms with Crippen LogP contribution in [0.5, 0.6) is 0 Å². The molecule has 0 amide bonds. The molecule has 3 heterocycles. The first kappa shape index (κ1) is 25.4. The number of aliphatic imine (C=N–C) groups is 1. The summed E-state index contributed by atoms with van der Waals surface area (Å²) >= 11 is 4.73. The zero-order valence-electron chi connectivity index (χ0n) is 18.7. The second-order valence-electron chi connectivity index (χ2n) is 8.07. The van der Waals surface area contributed by atoms with Crippen LogP contribution in [0.25, 0.3) is 0 Å². The SMILES string of the molecule is CCOC(=O)C1=C(CN2CC(F)C2CCC(=O)O)NC(c2nccs2)=N[C@H]1c1ccc(F)cc1Br. The van der Waals surface area contributed by atoms with Crippen molar-refractivity contribution in [1.29, 1.82) is 0 Å². The van der Waals surface area contributed by atoms with E-state index in [-0.39, 0.29) is 38.1 Å². The number of amidine groups is 1. The number of nitrogens with one attached hydrogen (secondary N) is 1. The van der Waals surface area contributed by atoms with Crippen LogP contribution in [0.1, 0.15) is 36.4 Å². The third-order valence-corrected chi connectivity index (χ3v) is 7.29. The molecule has 0 radical (unpaired) electrons. The Labute approximate surface area is 212 Å². The number of halogens is 3. The van der Waals surface area contributed by atoms with Gasteiger partial charge in [-0.1, -0.05) is 22.0 Å². The van der Waals surface area contributed by atoms with E-state index in [1.165, 1.54) is 23.5 Å². The first-order chi connectivity index (χ1) is 16.8. The summed E-state index contributed by atoms with van der Waals surface area (Å²) in [5.74, 6) is -1.62. The molecule has 0 bridgehead atoms. The highest BCUT2D eigenvalue weighted by molar-refractivity contribution is 9.10. The van der Waals surface area contributed by atoms with Gasteiger partial charge in [0.1, 0.15) is 18.0 Å². The van der Waals surface area contributed by atoms with Gasteiger partial charge in [0.25, 0.3) is 0 Å². The number of rotatable bonds is 9. The van der Waals surface area contributed by atoms with E-state index in [1.807, 2.05) is 0 Å². The molecule has 0 saturated carbocycles. The van der Waals surface area contributed by atoms with Gasteiger partial charge in [-0.05, 0) is 31.0 Å². The Bertz CT molecular complexity index is 1170. The fourth-order valence-electron chi connectivity index (χ4n) is 4.16. The van der Waals surface area contributed by atoms with Crippen molar-refractivity contribution >= 4 is 45.0 Å². The van der Waals surface area contributed by atoms with Gasteiger partial charge < -0.3 is 15.2 Å². The molecule has 1 aromatic heterocycles. The lowest BCUT2D eigenvalue weighted by Gasteiger charge is -2.45. The molecule has 2 N–H and O–H groups in total. The largest absolute Gasteiger partial charge is 0.481 e. The molecule has 2 aliphatic heterocycles. The molecular formula is C23H23BrF2N4O4S. The fraction of sp³-hybridized carbons (Fsp3) is 0.391. The Morgan fingerprint density at radius 2 is 2.20 bits per heavy atom. The molecule has 35 heavy (non-hydrogen) atoms. The second kappa shape index (κ2) is 10.9. The van der Waals surface area contributed by atoms with E-state index in [1.54, 1.807) is 29.5 Å². The Balaban J connectivity index is 1.76. The summed E-state index contributed by atoms with van der Waals surface area (Å²) < 4.78 is 33.9. The predicted molar refractivity (Wildman–Crippen MR) is 129 cm³/mol. The van der Waals surface area contributed by atoms with E-state index in [0.717, 1.165) is 0 Å².